The molecule has 2 rings (SSSR count). The molecule has 0 aromatic heterocycles. The summed E-state index contributed by atoms with van der Waals surface area (Å²) in [6.45, 7) is 7.72. The Bertz CT molecular complexity index is 477. The monoisotopic (exact) mass is 290 g/mol. The fraction of sp³-hybridized carbons (Fsp3) is 0.588. The molecule has 4 nitrogen and oxygen atoms in total. The van der Waals surface area contributed by atoms with Crippen molar-refractivity contribution in [2.75, 3.05) is 6.61 Å². The molecule has 116 valence electrons. The van der Waals surface area contributed by atoms with Crippen LogP contribution in [0.2, 0.25) is 0 Å². The van der Waals surface area contributed by atoms with E-state index in [0.29, 0.717) is 18.7 Å². The summed E-state index contributed by atoms with van der Waals surface area (Å²) in [4.78, 5) is 12.3. The normalized spacial score (nSPS) is 22.9. The Balaban J connectivity index is 1.95. The Morgan fingerprint density at radius 2 is 2.00 bits per heavy atom. The van der Waals surface area contributed by atoms with Gasteiger partial charge in [0.1, 0.15) is 0 Å². The fourth-order valence-electron chi connectivity index (χ4n) is 2.59. The zero-order chi connectivity index (χ0) is 15.5. The van der Waals surface area contributed by atoms with Crippen molar-refractivity contribution in [3.63, 3.8) is 0 Å². The molecule has 0 saturated carbocycles. The van der Waals surface area contributed by atoms with E-state index in [-0.39, 0.29) is 23.5 Å². The molecule has 3 N–H and O–H groups in total. The number of carbonyl (C=O) groups is 1. The maximum absolute atomic E-state index is 12.3. The zero-order valence-corrected chi connectivity index (χ0v) is 13.2. The van der Waals surface area contributed by atoms with Crippen molar-refractivity contribution in [3.8, 4) is 0 Å². The van der Waals surface area contributed by atoms with Crippen LogP contribution in [0.15, 0.2) is 24.3 Å². The number of nitrogens with two attached hydrogens (primary N) is 1. The van der Waals surface area contributed by atoms with E-state index in [1.54, 1.807) is 0 Å². The second kappa shape index (κ2) is 6.58. The number of ether oxygens (including phenoxy) is 1. The molecule has 1 aromatic rings. The van der Waals surface area contributed by atoms with Crippen LogP contribution in [0.25, 0.3) is 0 Å². The predicted molar refractivity (Wildman–Crippen MR) is 84.0 cm³/mol. The van der Waals surface area contributed by atoms with Crippen molar-refractivity contribution in [1.29, 1.82) is 0 Å². The number of benzene rings is 1. The highest BCUT2D eigenvalue weighted by Crippen LogP contribution is 2.29. The van der Waals surface area contributed by atoms with Gasteiger partial charge in [-0.05, 0) is 36.0 Å². The highest BCUT2D eigenvalue weighted by molar-refractivity contribution is 5.94. The highest BCUT2D eigenvalue weighted by atomic mass is 16.5. The summed E-state index contributed by atoms with van der Waals surface area (Å²) in [6, 6.07) is 7.65. The predicted octanol–water partition coefficient (Wildman–Crippen LogP) is 2.47. The van der Waals surface area contributed by atoms with E-state index in [1.807, 2.05) is 24.3 Å². The lowest BCUT2D eigenvalue weighted by Gasteiger charge is -2.37. The molecule has 1 amide bonds. The third kappa shape index (κ3) is 4.29. The van der Waals surface area contributed by atoms with Gasteiger partial charge in [-0.25, -0.2) is 0 Å². The number of amides is 1. The second-order valence-electron chi connectivity index (χ2n) is 6.82. The molecule has 1 aromatic carbocycles. The summed E-state index contributed by atoms with van der Waals surface area (Å²) in [5.41, 5.74) is 7.39. The average Bonchev–Trinajstić information content (AvgIpc) is 2.47. The number of hydrogen-bond donors (Lipinski definition) is 2. The molecule has 1 aliphatic rings. The molecule has 21 heavy (non-hydrogen) atoms. The van der Waals surface area contributed by atoms with Crippen LogP contribution < -0.4 is 11.1 Å². The standard InChI is InChI=1S/C17H26N2O2/c1-17(2,3)15-10-14(8-9-21-15)19-16(20)13-6-4-12(11-18)5-7-13/h4-7,14-15H,8-11,18H2,1-3H3,(H,19,20). The van der Waals surface area contributed by atoms with Gasteiger partial charge in [0.2, 0.25) is 0 Å². The van der Waals surface area contributed by atoms with E-state index in [2.05, 4.69) is 26.1 Å². The molecular weight excluding hydrogens is 264 g/mol. The van der Waals surface area contributed by atoms with Crippen LogP contribution in [-0.4, -0.2) is 24.7 Å². The van der Waals surface area contributed by atoms with E-state index in [9.17, 15) is 4.79 Å². The summed E-state index contributed by atoms with van der Waals surface area (Å²) in [5.74, 6) is -0.0156. The summed E-state index contributed by atoms with van der Waals surface area (Å²) in [6.07, 6.45) is 1.94. The minimum absolute atomic E-state index is 0.0156. The average molecular weight is 290 g/mol. The molecule has 0 bridgehead atoms. The maximum atomic E-state index is 12.3. The SMILES string of the molecule is CC(C)(C)C1CC(NC(=O)c2ccc(CN)cc2)CCO1. The van der Waals surface area contributed by atoms with Crippen molar-refractivity contribution in [2.24, 2.45) is 11.1 Å². The van der Waals surface area contributed by atoms with Crippen LogP contribution in [0.4, 0.5) is 0 Å². The molecule has 1 fully saturated rings. The first-order chi connectivity index (χ1) is 9.90. The largest absolute Gasteiger partial charge is 0.378 e. The lowest BCUT2D eigenvalue weighted by atomic mass is 9.83. The molecule has 1 heterocycles. The van der Waals surface area contributed by atoms with Gasteiger partial charge in [-0.1, -0.05) is 32.9 Å². The number of hydrogen-bond acceptors (Lipinski definition) is 3. The Labute approximate surface area is 127 Å². The van der Waals surface area contributed by atoms with Crippen LogP contribution in [0.3, 0.4) is 0 Å². The molecule has 0 aliphatic carbocycles. The van der Waals surface area contributed by atoms with Crippen LogP contribution in [0.1, 0.15) is 49.5 Å². The second-order valence-corrected chi connectivity index (χ2v) is 6.82. The third-order valence-corrected chi connectivity index (χ3v) is 4.04. The van der Waals surface area contributed by atoms with Gasteiger partial charge in [-0.15, -0.1) is 0 Å². The summed E-state index contributed by atoms with van der Waals surface area (Å²) in [7, 11) is 0. The molecule has 1 aliphatic heterocycles. The molecule has 0 radical (unpaired) electrons. The van der Waals surface area contributed by atoms with Crippen molar-refractivity contribution < 1.29 is 9.53 Å². The minimum Gasteiger partial charge on any atom is -0.378 e. The molecule has 1 saturated heterocycles. The van der Waals surface area contributed by atoms with E-state index in [0.717, 1.165) is 18.4 Å². The van der Waals surface area contributed by atoms with Crippen molar-refractivity contribution >= 4 is 5.91 Å². The van der Waals surface area contributed by atoms with E-state index < -0.39 is 0 Å². The van der Waals surface area contributed by atoms with Gasteiger partial charge in [0.05, 0.1) is 6.10 Å². The smallest absolute Gasteiger partial charge is 0.251 e. The summed E-state index contributed by atoms with van der Waals surface area (Å²) < 4.78 is 5.82. The lowest BCUT2D eigenvalue weighted by Crippen LogP contribution is -2.45. The number of carbonyl (C=O) groups excluding carboxylic acids is 1. The van der Waals surface area contributed by atoms with Gasteiger partial charge >= 0.3 is 0 Å². The van der Waals surface area contributed by atoms with Crippen LogP contribution in [-0.2, 0) is 11.3 Å². The van der Waals surface area contributed by atoms with Crippen molar-refractivity contribution in [3.05, 3.63) is 35.4 Å². The zero-order valence-electron chi connectivity index (χ0n) is 13.2. The van der Waals surface area contributed by atoms with Crippen LogP contribution in [0.5, 0.6) is 0 Å². The molecule has 2 atom stereocenters. The van der Waals surface area contributed by atoms with Crippen LogP contribution >= 0.6 is 0 Å². The maximum Gasteiger partial charge on any atom is 0.251 e. The Kier molecular flexibility index (Phi) is 5.01. The summed E-state index contributed by atoms with van der Waals surface area (Å²) >= 11 is 0. The first kappa shape index (κ1) is 16.0. The van der Waals surface area contributed by atoms with E-state index in [1.165, 1.54) is 0 Å². The molecular formula is C17H26N2O2. The Morgan fingerprint density at radius 3 is 2.57 bits per heavy atom. The fourth-order valence-corrected chi connectivity index (χ4v) is 2.59. The van der Waals surface area contributed by atoms with Gasteiger partial charge in [-0.3, -0.25) is 4.79 Å². The summed E-state index contributed by atoms with van der Waals surface area (Å²) in [5, 5.41) is 3.12. The van der Waals surface area contributed by atoms with Crippen molar-refractivity contribution in [1.82, 2.24) is 5.32 Å². The third-order valence-electron chi connectivity index (χ3n) is 4.04. The van der Waals surface area contributed by atoms with E-state index >= 15 is 0 Å². The number of rotatable bonds is 3. The molecule has 0 spiro atoms. The quantitative estimate of drug-likeness (QED) is 0.899. The van der Waals surface area contributed by atoms with Gasteiger partial charge in [0.25, 0.3) is 5.91 Å². The lowest BCUT2D eigenvalue weighted by molar-refractivity contribution is -0.0569. The topological polar surface area (TPSA) is 64.4 Å². The van der Waals surface area contributed by atoms with Gasteiger partial charge in [0.15, 0.2) is 0 Å². The van der Waals surface area contributed by atoms with Crippen LogP contribution in [0, 0.1) is 5.41 Å². The Hall–Kier alpha value is -1.39. The number of nitrogens with one attached hydrogen (secondary N) is 1. The molecule has 2 unspecified atom stereocenters. The minimum atomic E-state index is -0.0156. The first-order valence-corrected chi connectivity index (χ1v) is 7.61. The Morgan fingerprint density at radius 1 is 1.33 bits per heavy atom. The van der Waals surface area contributed by atoms with Gasteiger partial charge in [-0.2, -0.15) is 0 Å². The van der Waals surface area contributed by atoms with Gasteiger partial charge in [0, 0.05) is 24.8 Å². The van der Waals surface area contributed by atoms with E-state index in [4.69, 9.17) is 10.5 Å². The van der Waals surface area contributed by atoms with Crippen molar-refractivity contribution in [2.45, 2.75) is 52.3 Å². The van der Waals surface area contributed by atoms with Gasteiger partial charge < -0.3 is 15.8 Å². The highest BCUT2D eigenvalue weighted by Gasteiger charge is 2.32. The molecule has 4 heteroatoms. The first-order valence-electron chi connectivity index (χ1n) is 7.61.